The zero-order chi connectivity index (χ0) is 21.1. The summed E-state index contributed by atoms with van der Waals surface area (Å²) in [6, 6.07) is 14.4. The monoisotopic (exact) mass is 459 g/mol. The molecule has 4 rings (SSSR count). The summed E-state index contributed by atoms with van der Waals surface area (Å²) in [4.78, 5) is 29.9. The van der Waals surface area contributed by atoms with Crippen LogP contribution in [0.3, 0.4) is 0 Å². The summed E-state index contributed by atoms with van der Waals surface area (Å²) in [7, 11) is 0. The van der Waals surface area contributed by atoms with Crippen LogP contribution in [-0.2, 0) is 16.1 Å². The summed E-state index contributed by atoms with van der Waals surface area (Å²) in [6.07, 6.45) is 4.52. The van der Waals surface area contributed by atoms with Gasteiger partial charge in [0.15, 0.2) is 0 Å². The molecule has 0 aliphatic carbocycles. The molecule has 0 bridgehead atoms. The van der Waals surface area contributed by atoms with Gasteiger partial charge in [0, 0.05) is 10.0 Å². The molecule has 10 heteroatoms. The first kappa shape index (κ1) is 20.5. The number of hydrogen-bond donors (Lipinski definition) is 1. The number of nitrogens with zero attached hydrogens (tertiary/aromatic N) is 4. The Bertz CT molecular complexity index is 1120. The Hall–Kier alpha value is -2.81. The van der Waals surface area contributed by atoms with Crippen LogP contribution in [0.1, 0.15) is 16.5 Å². The molecule has 2 heterocycles. The fourth-order valence-corrected chi connectivity index (χ4v) is 4.49. The maximum absolute atomic E-state index is 13.1. The highest BCUT2D eigenvalue weighted by Crippen LogP contribution is 2.45. The van der Waals surface area contributed by atoms with Crippen LogP contribution in [-0.4, -0.2) is 31.6 Å². The number of hydrogen-bond acceptors (Lipinski definition) is 5. The average molecular weight is 460 g/mol. The molecule has 1 aliphatic heterocycles. The van der Waals surface area contributed by atoms with E-state index in [2.05, 4.69) is 15.5 Å². The van der Waals surface area contributed by atoms with E-state index in [1.54, 1.807) is 36.4 Å². The lowest BCUT2D eigenvalue weighted by Crippen LogP contribution is -2.45. The Kier molecular flexibility index (Phi) is 6.08. The van der Waals surface area contributed by atoms with Crippen molar-refractivity contribution < 1.29 is 9.59 Å². The third-order valence-corrected chi connectivity index (χ3v) is 5.92. The van der Waals surface area contributed by atoms with E-state index in [4.69, 9.17) is 23.2 Å². The van der Waals surface area contributed by atoms with E-state index < -0.39 is 11.3 Å². The van der Waals surface area contributed by atoms with Crippen molar-refractivity contribution in [3.63, 3.8) is 0 Å². The van der Waals surface area contributed by atoms with Crippen molar-refractivity contribution in [1.82, 2.24) is 25.2 Å². The Balaban J connectivity index is 1.63. The second kappa shape index (κ2) is 8.91. The van der Waals surface area contributed by atoms with E-state index >= 15 is 0 Å². The van der Waals surface area contributed by atoms with Gasteiger partial charge in [0.05, 0.1) is 4.91 Å². The first-order chi connectivity index (χ1) is 14.5. The Morgan fingerprint density at radius 1 is 1.17 bits per heavy atom. The molecule has 1 aliphatic rings. The molecule has 3 aromatic rings. The smallest absolute Gasteiger partial charge is 0.271 e. The zero-order valence-corrected chi connectivity index (χ0v) is 17.7. The molecule has 1 saturated heterocycles. The predicted octanol–water partition coefficient (Wildman–Crippen LogP) is 3.93. The number of carbonyl (C=O) groups is 2. The summed E-state index contributed by atoms with van der Waals surface area (Å²) in [6.45, 7) is -0.0654. The van der Waals surface area contributed by atoms with Crippen LogP contribution in [0.25, 0.3) is 6.08 Å². The SMILES string of the molecule is O=C(Cn1cncn1)NN1C(=O)/C(=C/c2cccc(Cl)c2)SC1c1cccc(Cl)c1. The number of aromatic nitrogens is 3. The van der Waals surface area contributed by atoms with Gasteiger partial charge in [0.1, 0.15) is 24.6 Å². The summed E-state index contributed by atoms with van der Waals surface area (Å²) in [5.74, 6) is -0.720. The number of carbonyl (C=O) groups excluding carboxylic acids is 2. The third-order valence-electron chi connectivity index (χ3n) is 4.20. The van der Waals surface area contributed by atoms with Gasteiger partial charge in [-0.25, -0.2) is 14.7 Å². The molecular formula is C20H15Cl2N5O2S. The summed E-state index contributed by atoms with van der Waals surface area (Å²) in [5, 5.41) is 5.87. The number of rotatable bonds is 5. The van der Waals surface area contributed by atoms with Gasteiger partial charge >= 0.3 is 0 Å². The Morgan fingerprint density at radius 2 is 1.93 bits per heavy atom. The molecule has 1 N–H and O–H groups in total. The number of amides is 2. The van der Waals surface area contributed by atoms with Crippen LogP contribution in [0.15, 0.2) is 66.1 Å². The molecule has 1 unspecified atom stereocenters. The minimum Gasteiger partial charge on any atom is -0.271 e. The number of thioether (sulfide) groups is 1. The van der Waals surface area contributed by atoms with Crippen LogP contribution >= 0.6 is 35.0 Å². The number of nitrogens with one attached hydrogen (secondary N) is 1. The van der Waals surface area contributed by atoms with Crippen LogP contribution in [0, 0.1) is 0 Å². The molecule has 0 spiro atoms. The summed E-state index contributed by atoms with van der Waals surface area (Å²) >= 11 is 13.5. The Morgan fingerprint density at radius 3 is 2.63 bits per heavy atom. The highest BCUT2D eigenvalue weighted by atomic mass is 35.5. The largest absolute Gasteiger partial charge is 0.280 e. The highest BCUT2D eigenvalue weighted by molar-refractivity contribution is 8.04. The van der Waals surface area contributed by atoms with Crippen LogP contribution < -0.4 is 5.43 Å². The average Bonchev–Trinajstić information content (AvgIpc) is 3.32. The van der Waals surface area contributed by atoms with E-state index in [0.29, 0.717) is 15.0 Å². The lowest BCUT2D eigenvalue weighted by molar-refractivity contribution is -0.138. The molecule has 7 nitrogen and oxygen atoms in total. The minimum absolute atomic E-state index is 0.0654. The molecule has 2 aromatic carbocycles. The molecule has 0 radical (unpaired) electrons. The minimum atomic E-state index is -0.471. The second-order valence-corrected chi connectivity index (χ2v) is 8.39. The molecule has 2 amide bonds. The molecule has 30 heavy (non-hydrogen) atoms. The van der Waals surface area contributed by atoms with Gasteiger partial charge in [-0.3, -0.25) is 15.0 Å². The third kappa shape index (κ3) is 4.67. The molecule has 1 fully saturated rings. The van der Waals surface area contributed by atoms with Gasteiger partial charge in [0.25, 0.3) is 11.8 Å². The molecule has 152 valence electrons. The molecule has 0 saturated carbocycles. The van der Waals surface area contributed by atoms with Gasteiger partial charge in [-0.15, -0.1) is 0 Å². The number of halogens is 2. The van der Waals surface area contributed by atoms with Crippen molar-refractivity contribution in [2.75, 3.05) is 0 Å². The van der Waals surface area contributed by atoms with Crippen molar-refractivity contribution in [1.29, 1.82) is 0 Å². The van der Waals surface area contributed by atoms with E-state index in [9.17, 15) is 9.59 Å². The first-order valence-electron chi connectivity index (χ1n) is 8.84. The molecular weight excluding hydrogens is 445 g/mol. The Labute approximate surface area is 186 Å². The van der Waals surface area contributed by atoms with E-state index in [0.717, 1.165) is 11.1 Å². The predicted molar refractivity (Wildman–Crippen MR) is 116 cm³/mol. The van der Waals surface area contributed by atoms with E-state index in [1.165, 1.54) is 34.1 Å². The van der Waals surface area contributed by atoms with Crippen molar-refractivity contribution in [3.8, 4) is 0 Å². The lowest BCUT2D eigenvalue weighted by atomic mass is 10.2. The standard InChI is InChI=1S/C20H15Cl2N5O2S/c21-15-5-1-3-13(7-15)8-17-19(29)27(25-18(28)10-26-12-23-11-24-26)20(30-17)14-4-2-6-16(22)9-14/h1-9,11-12,20H,10H2,(H,25,28)/b17-8-. The van der Waals surface area contributed by atoms with Gasteiger partial charge < -0.3 is 0 Å². The maximum atomic E-state index is 13.1. The molecule has 1 aromatic heterocycles. The topological polar surface area (TPSA) is 80.1 Å². The van der Waals surface area contributed by atoms with Crippen LogP contribution in [0.5, 0.6) is 0 Å². The number of benzene rings is 2. The van der Waals surface area contributed by atoms with Gasteiger partial charge in [-0.2, -0.15) is 5.10 Å². The van der Waals surface area contributed by atoms with Gasteiger partial charge in [-0.1, -0.05) is 59.2 Å². The number of hydrazine groups is 1. The van der Waals surface area contributed by atoms with Crippen LogP contribution in [0.4, 0.5) is 0 Å². The first-order valence-corrected chi connectivity index (χ1v) is 10.5. The second-order valence-electron chi connectivity index (χ2n) is 6.39. The fourth-order valence-electron chi connectivity index (χ4n) is 2.91. The van der Waals surface area contributed by atoms with Crippen molar-refractivity contribution in [3.05, 3.63) is 87.3 Å². The molecule has 1 atom stereocenters. The maximum Gasteiger partial charge on any atom is 0.280 e. The normalized spacial score (nSPS) is 17.5. The summed E-state index contributed by atoms with van der Waals surface area (Å²) in [5.41, 5.74) is 4.27. The van der Waals surface area contributed by atoms with Gasteiger partial charge in [0.2, 0.25) is 0 Å². The lowest BCUT2D eigenvalue weighted by Gasteiger charge is -2.24. The van der Waals surface area contributed by atoms with Crippen molar-refractivity contribution >= 4 is 52.9 Å². The quantitative estimate of drug-likeness (QED) is 0.584. The summed E-state index contributed by atoms with van der Waals surface area (Å²) < 4.78 is 1.38. The van der Waals surface area contributed by atoms with Gasteiger partial charge in [-0.05, 0) is 41.5 Å². The van der Waals surface area contributed by atoms with E-state index in [-0.39, 0.29) is 12.5 Å². The zero-order valence-electron chi connectivity index (χ0n) is 15.4. The van der Waals surface area contributed by atoms with Crippen LogP contribution in [0.2, 0.25) is 10.0 Å². The van der Waals surface area contributed by atoms with Crippen molar-refractivity contribution in [2.45, 2.75) is 11.9 Å². The highest BCUT2D eigenvalue weighted by Gasteiger charge is 2.38. The van der Waals surface area contributed by atoms with E-state index in [1.807, 2.05) is 18.2 Å². The fraction of sp³-hybridized carbons (Fsp3) is 0.100. The van der Waals surface area contributed by atoms with Crippen molar-refractivity contribution in [2.24, 2.45) is 0 Å².